The van der Waals surface area contributed by atoms with Gasteiger partial charge >= 0.3 is 6.03 Å². The van der Waals surface area contributed by atoms with Crippen LogP contribution in [0.3, 0.4) is 0 Å². The molecule has 2 aromatic rings. The molecule has 0 aromatic carbocycles. The van der Waals surface area contributed by atoms with E-state index in [4.69, 9.17) is 0 Å². The monoisotopic (exact) mass is 290 g/mol. The fourth-order valence-corrected chi connectivity index (χ4v) is 2.40. The van der Waals surface area contributed by atoms with Gasteiger partial charge in [-0.05, 0) is 25.8 Å². The van der Waals surface area contributed by atoms with Crippen LogP contribution in [0.4, 0.5) is 14.9 Å². The fraction of sp³-hybridized carbons (Fsp3) is 0.385. The van der Waals surface area contributed by atoms with Crippen LogP contribution >= 0.6 is 0 Å². The van der Waals surface area contributed by atoms with Crippen molar-refractivity contribution in [1.82, 2.24) is 25.1 Å². The Bertz CT molecular complexity index is 670. The highest BCUT2D eigenvalue weighted by atomic mass is 19.1. The fourth-order valence-electron chi connectivity index (χ4n) is 2.40. The first-order chi connectivity index (χ1) is 10.1. The quantitative estimate of drug-likeness (QED) is 0.883. The number of nitrogens with zero attached hydrogens (tertiary/aromatic N) is 4. The van der Waals surface area contributed by atoms with Crippen molar-refractivity contribution in [2.24, 2.45) is 0 Å². The summed E-state index contributed by atoms with van der Waals surface area (Å²) in [5, 5.41) is 9.55. The van der Waals surface area contributed by atoms with Gasteiger partial charge in [0.2, 0.25) is 0 Å². The summed E-state index contributed by atoms with van der Waals surface area (Å²) in [5.41, 5.74) is 0.0935. The van der Waals surface area contributed by atoms with E-state index in [2.05, 4.69) is 25.7 Å². The zero-order valence-electron chi connectivity index (χ0n) is 11.5. The van der Waals surface area contributed by atoms with Crippen molar-refractivity contribution in [2.45, 2.75) is 32.4 Å². The van der Waals surface area contributed by atoms with Crippen molar-refractivity contribution >= 4 is 11.7 Å². The van der Waals surface area contributed by atoms with Gasteiger partial charge in [0.05, 0.1) is 17.9 Å². The second-order valence-electron chi connectivity index (χ2n) is 4.89. The molecule has 0 radical (unpaired) electrons. The molecule has 2 N–H and O–H groups in total. The van der Waals surface area contributed by atoms with Crippen molar-refractivity contribution < 1.29 is 9.18 Å². The molecule has 2 amide bonds. The van der Waals surface area contributed by atoms with Gasteiger partial charge in [0, 0.05) is 12.7 Å². The number of urea groups is 1. The minimum absolute atomic E-state index is 0.0935. The van der Waals surface area contributed by atoms with Crippen LogP contribution in [-0.4, -0.2) is 25.8 Å². The molecule has 0 fully saturated rings. The van der Waals surface area contributed by atoms with Crippen molar-refractivity contribution in [3.8, 4) is 0 Å². The van der Waals surface area contributed by atoms with E-state index < -0.39 is 11.8 Å². The van der Waals surface area contributed by atoms with Crippen molar-refractivity contribution in [3.05, 3.63) is 35.9 Å². The summed E-state index contributed by atoms with van der Waals surface area (Å²) in [6.07, 6.45) is 4.16. The maximum absolute atomic E-state index is 13.4. The molecule has 0 bridgehead atoms. The molecule has 8 heteroatoms. The Morgan fingerprint density at radius 2 is 2.38 bits per heavy atom. The molecule has 1 atom stereocenters. The first kappa shape index (κ1) is 13.5. The minimum Gasteiger partial charge on any atom is -0.328 e. The lowest BCUT2D eigenvalue weighted by Gasteiger charge is -2.23. The largest absolute Gasteiger partial charge is 0.328 e. The van der Waals surface area contributed by atoms with Gasteiger partial charge in [-0.3, -0.25) is 4.98 Å². The van der Waals surface area contributed by atoms with E-state index >= 15 is 0 Å². The lowest BCUT2D eigenvalue weighted by Crippen LogP contribution is -2.36. The van der Waals surface area contributed by atoms with Crippen LogP contribution in [0.15, 0.2) is 18.5 Å². The standard InChI is InChI=1S/C13H15FN6O/c1-8-16-12-11(3-2-6-20(12)19-8)18-13(21)17-10-4-5-15-7-9(10)14/h4-5,7,11H,2-3,6H2,1H3,(H2,15,17,18,21)/t11-/m1/s1. The third kappa shape index (κ3) is 2.83. The maximum atomic E-state index is 13.4. The lowest BCUT2D eigenvalue weighted by molar-refractivity contribution is 0.244. The number of fused-ring (bicyclic) bond motifs is 1. The molecule has 0 saturated heterocycles. The van der Waals surface area contributed by atoms with Gasteiger partial charge in [-0.25, -0.2) is 18.9 Å². The highest BCUT2D eigenvalue weighted by Crippen LogP contribution is 2.23. The van der Waals surface area contributed by atoms with Crippen LogP contribution in [0.5, 0.6) is 0 Å². The van der Waals surface area contributed by atoms with Crippen molar-refractivity contribution in [2.75, 3.05) is 5.32 Å². The van der Waals surface area contributed by atoms with Crippen LogP contribution in [0, 0.1) is 12.7 Å². The number of hydrogen-bond donors (Lipinski definition) is 2. The summed E-state index contributed by atoms with van der Waals surface area (Å²) in [6.45, 7) is 2.61. The van der Waals surface area contributed by atoms with Gasteiger partial charge in [0.1, 0.15) is 11.6 Å². The number of aromatic nitrogens is 4. The average molecular weight is 290 g/mol. The molecule has 2 aromatic heterocycles. The molecule has 110 valence electrons. The van der Waals surface area contributed by atoms with E-state index in [9.17, 15) is 9.18 Å². The Morgan fingerprint density at radius 1 is 1.52 bits per heavy atom. The molecule has 3 rings (SSSR count). The third-order valence-corrected chi connectivity index (χ3v) is 3.31. The third-order valence-electron chi connectivity index (χ3n) is 3.31. The van der Waals surface area contributed by atoms with E-state index in [0.29, 0.717) is 5.82 Å². The number of carbonyl (C=O) groups is 1. The number of carbonyl (C=O) groups excluding carboxylic acids is 1. The number of hydrogen-bond acceptors (Lipinski definition) is 4. The first-order valence-electron chi connectivity index (χ1n) is 6.72. The lowest BCUT2D eigenvalue weighted by atomic mass is 10.1. The van der Waals surface area contributed by atoms with E-state index in [0.717, 1.165) is 31.4 Å². The predicted molar refractivity (Wildman–Crippen MR) is 73.1 cm³/mol. The molecule has 1 aliphatic rings. The van der Waals surface area contributed by atoms with Gasteiger partial charge in [-0.1, -0.05) is 0 Å². The number of halogens is 1. The highest BCUT2D eigenvalue weighted by Gasteiger charge is 2.25. The molecule has 3 heterocycles. The number of aryl methyl sites for hydroxylation is 2. The maximum Gasteiger partial charge on any atom is 0.319 e. The Morgan fingerprint density at radius 3 is 3.19 bits per heavy atom. The van der Waals surface area contributed by atoms with E-state index in [1.807, 2.05) is 6.92 Å². The Kier molecular flexibility index (Phi) is 3.51. The molecule has 0 spiro atoms. The average Bonchev–Trinajstić information content (AvgIpc) is 2.83. The molecule has 0 saturated carbocycles. The number of anilines is 1. The Balaban J connectivity index is 1.70. The van der Waals surface area contributed by atoms with Gasteiger partial charge in [-0.15, -0.1) is 0 Å². The van der Waals surface area contributed by atoms with Gasteiger partial charge in [0.25, 0.3) is 0 Å². The summed E-state index contributed by atoms with van der Waals surface area (Å²) in [4.78, 5) is 20.0. The second kappa shape index (κ2) is 5.47. The predicted octanol–water partition coefficient (Wildman–Crippen LogP) is 1.78. The number of nitrogens with one attached hydrogen (secondary N) is 2. The van der Waals surface area contributed by atoms with Crippen LogP contribution in [0.2, 0.25) is 0 Å². The van der Waals surface area contributed by atoms with E-state index in [1.165, 1.54) is 12.3 Å². The van der Waals surface area contributed by atoms with Crippen molar-refractivity contribution in [3.63, 3.8) is 0 Å². The highest BCUT2D eigenvalue weighted by molar-refractivity contribution is 5.89. The van der Waals surface area contributed by atoms with Gasteiger partial charge in [0.15, 0.2) is 5.82 Å². The minimum atomic E-state index is -0.574. The summed E-state index contributed by atoms with van der Waals surface area (Å²) >= 11 is 0. The molecular formula is C13H15FN6O. The SMILES string of the molecule is Cc1nc2n(n1)CCC[C@H]2NC(=O)Nc1ccncc1F. The molecule has 0 unspecified atom stereocenters. The zero-order chi connectivity index (χ0) is 14.8. The summed E-state index contributed by atoms with van der Waals surface area (Å²) in [6, 6.07) is 0.714. The summed E-state index contributed by atoms with van der Waals surface area (Å²) in [5.74, 6) is 0.846. The zero-order valence-corrected chi connectivity index (χ0v) is 11.5. The summed E-state index contributed by atoms with van der Waals surface area (Å²) < 4.78 is 15.2. The number of rotatable bonds is 2. The molecule has 7 nitrogen and oxygen atoms in total. The van der Waals surface area contributed by atoms with Gasteiger partial charge < -0.3 is 10.6 Å². The van der Waals surface area contributed by atoms with Crippen molar-refractivity contribution in [1.29, 1.82) is 0 Å². The molecule has 0 aliphatic carbocycles. The molecular weight excluding hydrogens is 275 g/mol. The Labute approximate surface area is 120 Å². The van der Waals surface area contributed by atoms with Crippen LogP contribution in [0.25, 0.3) is 0 Å². The van der Waals surface area contributed by atoms with Crippen LogP contribution < -0.4 is 10.6 Å². The first-order valence-corrected chi connectivity index (χ1v) is 6.72. The van der Waals surface area contributed by atoms with Crippen LogP contribution in [0.1, 0.15) is 30.5 Å². The number of pyridine rings is 1. The Hall–Kier alpha value is -2.51. The normalized spacial score (nSPS) is 17.1. The van der Waals surface area contributed by atoms with Crippen LogP contribution in [-0.2, 0) is 6.54 Å². The molecule has 21 heavy (non-hydrogen) atoms. The van der Waals surface area contributed by atoms with E-state index in [1.54, 1.807) is 4.68 Å². The smallest absolute Gasteiger partial charge is 0.319 e. The number of amides is 2. The summed E-state index contributed by atoms with van der Waals surface area (Å²) in [7, 11) is 0. The second-order valence-corrected chi connectivity index (χ2v) is 4.89. The van der Waals surface area contributed by atoms with E-state index in [-0.39, 0.29) is 11.7 Å². The van der Waals surface area contributed by atoms with Gasteiger partial charge in [-0.2, -0.15) is 5.10 Å². The topological polar surface area (TPSA) is 84.7 Å². The molecule has 1 aliphatic heterocycles.